The largest absolute Gasteiger partial charge is 0.384 e. The molecule has 0 amide bonds. The van der Waals surface area contributed by atoms with Gasteiger partial charge in [-0.15, -0.1) is 0 Å². The number of aryl methyl sites for hydroxylation is 2. The zero-order valence-electron chi connectivity index (χ0n) is 17.1. The summed E-state index contributed by atoms with van der Waals surface area (Å²) >= 11 is 0. The maximum absolute atomic E-state index is 11.4. The lowest BCUT2D eigenvalue weighted by Gasteiger charge is -2.31. The molecule has 5 rings (SSSR count). The molecule has 1 unspecified atom stereocenters. The summed E-state index contributed by atoms with van der Waals surface area (Å²) < 4.78 is 2.38. The summed E-state index contributed by atoms with van der Waals surface area (Å²) in [6.45, 7) is 8.78. The van der Waals surface area contributed by atoms with E-state index in [1.807, 2.05) is 26.0 Å². The molecule has 4 nitrogen and oxygen atoms in total. The molecule has 1 aliphatic heterocycles. The summed E-state index contributed by atoms with van der Waals surface area (Å²) in [5.74, 6) is 0. The quantitative estimate of drug-likeness (QED) is 0.747. The van der Waals surface area contributed by atoms with Gasteiger partial charge in [0.25, 0.3) is 0 Å². The van der Waals surface area contributed by atoms with Gasteiger partial charge in [-0.2, -0.15) is 0 Å². The lowest BCUT2D eigenvalue weighted by atomic mass is 9.96. The minimum Gasteiger partial charge on any atom is -0.384 e. The van der Waals surface area contributed by atoms with Gasteiger partial charge in [0.15, 0.2) is 0 Å². The molecule has 2 aliphatic rings. The van der Waals surface area contributed by atoms with E-state index in [1.54, 1.807) is 6.20 Å². The number of hydrogen-bond donors (Lipinski definition) is 1. The second-order valence-electron chi connectivity index (χ2n) is 8.94. The maximum Gasteiger partial charge on any atom is 0.105 e. The Morgan fingerprint density at radius 1 is 1.18 bits per heavy atom. The van der Waals surface area contributed by atoms with Crippen molar-refractivity contribution in [2.75, 3.05) is 6.54 Å². The number of rotatable bonds is 4. The van der Waals surface area contributed by atoms with Crippen LogP contribution in [0.15, 0.2) is 36.5 Å². The number of hydrogen-bond acceptors (Lipinski definition) is 3. The SMILES string of the molecule is Cc1ccc2c(c1)c1c(n2CC(C)(O)c2ccnc(C)c2)CN(C2CC2)CC1. The van der Waals surface area contributed by atoms with Crippen LogP contribution in [0.2, 0.25) is 0 Å². The molecule has 4 heteroatoms. The standard InChI is InChI=1S/C24H29N3O/c1-16-4-7-22-21(12-16)20-9-11-26(19-5-6-19)14-23(20)27(22)15-24(3,28)18-8-10-25-17(2)13-18/h4,7-8,10,12-13,19,28H,5-6,9,11,14-15H2,1-3H3. The van der Waals surface area contributed by atoms with Crippen molar-refractivity contribution in [1.29, 1.82) is 0 Å². The summed E-state index contributed by atoms with van der Waals surface area (Å²) in [7, 11) is 0. The topological polar surface area (TPSA) is 41.3 Å². The molecule has 28 heavy (non-hydrogen) atoms. The fourth-order valence-corrected chi connectivity index (χ4v) is 4.79. The van der Waals surface area contributed by atoms with Crippen molar-refractivity contribution in [3.8, 4) is 0 Å². The van der Waals surface area contributed by atoms with Crippen LogP contribution in [0.25, 0.3) is 10.9 Å². The van der Waals surface area contributed by atoms with Crippen molar-refractivity contribution in [3.05, 3.63) is 64.6 Å². The van der Waals surface area contributed by atoms with Crippen LogP contribution in [0, 0.1) is 13.8 Å². The molecule has 0 radical (unpaired) electrons. The minimum absolute atomic E-state index is 0.559. The van der Waals surface area contributed by atoms with E-state index >= 15 is 0 Å². The highest BCUT2D eigenvalue weighted by Crippen LogP contribution is 2.37. The lowest BCUT2D eigenvalue weighted by Crippen LogP contribution is -2.35. The lowest BCUT2D eigenvalue weighted by molar-refractivity contribution is 0.0377. The molecule has 1 saturated carbocycles. The molecule has 2 aromatic heterocycles. The normalized spacial score (nSPS) is 19.6. The highest BCUT2D eigenvalue weighted by Gasteiger charge is 2.35. The number of fused-ring (bicyclic) bond motifs is 3. The van der Waals surface area contributed by atoms with Crippen LogP contribution in [-0.4, -0.2) is 32.1 Å². The van der Waals surface area contributed by atoms with Crippen molar-refractivity contribution < 1.29 is 5.11 Å². The Hall–Kier alpha value is -2.17. The van der Waals surface area contributed by atoms with Gasteiger partial charge in [-0.25, -0.2) is 0 Å². The monoisotopic (exact) mass is 375 g/mol. The molecule has 3 heterocycles. The molecule has 1 aliphatic carbocycles. The van der Waals surface area contributed by atoms with Crippen molar-refractivity contribution >= 4 is 10.9 Å². The third-order valence-corrected chi connectivity index (χ3v) is 6.49. The molecule has 0 saturated heterocycles. The van der Waals surface area contributed by atoms with Crippen LogP contribution in [-0.2, 0) is 25.1 Å². The summed E-state index contributed by atoms with van der Waals surface area (Å²) in [6.07, 6.45) is 5.57. The average Bonchev–Trinajstić information content (AvgIpc) is 3.47. The van der Waals surface area contributed by atoms with Gasteiger partial charge in [0, 0.05) is 47.6 Å². The first kappa shape index (κ1) is 17.9. The summed E-state index contributed by atoms with van der Waals surface area (Å²) in [6, 6.07) is 11.4. The van der Waals surface area contributed by atoms with Crippen molar-refractivity contribution in [2.45, 2.75) is 64.8 Å². The highest BCUT2D eigenvalue weighted by atomic mass is 16.3. The third kappa shape index (κ3) is 3.05. The van der Waals surface area contributed by atoms with Gasteiger partial charge in [0.1, 0.15) is 5.60 Å². The second-order valence-corrected chi connectivity index (χ2v) is 8.94. The minimum atomic E-state index is -0.944. The highest BCUT2D eigenvalue weighted by molar-refractivity contribution is 5.86. The van der Waals surface area contributed by atoms with Crippen molar-refractivity contribution in [2.24, 2.45) is 0 Å². The molecule has 1 atom stereocenters. The Morgan fingerprint density at radius 3 is 2.75 bits per heavy atom. The van der Waals surface area contributed by atoms with E-state index in [-0.39, 0.29) is 0 Å². The first-order valence-corrected chi connectivity index (χ1v) is 10.4. The zero-order chi connectivity index (χ0) is 19.5. The van der Waals surface area contributed by atoms with E-state index < -0.39 is 5.60 Å². The fraction of sp³-hybridized carbons (Fsp3) is 0.458. The molecular weight excluding hydrogens is 346 g/mol. The first-order valence-electron chi connectivity index (χ1n) is 10.4. The first-order chi connectivity index (χ1) is 13.4. The fourth-order valence-electron chi connectivity index (χ4n) is 4.79. The third-order valence-electron chi connectivity index (χ3n) is 6.49. The Balaban J connectivity index is 1.61. The summed E-state index contributed by atoms with van der Waals surface area (Å²) in [4.78, 5) is 6.93. The molecular formula is C24H29N3O. The van der Waals surface area contributed by atoms with Gasteiger partial charge in [-0.3, -0.25) is 9.88 Å². The van der Waals surface area contributed by atoms with E-state index in [4.69, 9.17) is 0 Å². The Bertz CT molecular complexity index is 1050. The molecule has 3 aromatic rings. The maximum atomic E-state index is 11.4. The molecule has 146 valence electrons. The summed E-state index contributed by atoms with van der Waals surface area (Å²) in [5, 5.41) is 12.8. The molecule has 0 bridgehead atoms. The van der Waals surface area contributed by atoms with E-state index in [2.05, 4.69) is 39.6 Å². The van der Waals surface area contributed by atoms with Crippen LogP contribution < -0.4 is 0 Å². The van der Waals surface area contributed by atoms with E-state index in [9.17, 15) is 5.11 Å². The predicted octanol–water partition coefficient (Wildman–Crippen LogP) is 4.08. The average molecular weight is 376 g/mol. The number of aromatic nitrogens is 2. The summed E-state index contributed by atoms with van der Waals surface area (Å²) in [5.41, 5.74) is 6.35. The smallest absolute Gasteiger partial charge is 0.105 e. The Labute approximate surface area is 166 Å². The van der Waals surface area contributed by atoms with Crippen molar-refractivity contribution in [3.63, 3.8) is 0 Å². The number of benzene rings is 1. The molecule has 1 fully saturated rings. The van der Waals surface area contributed by atoms with Gasteiger partial charge < -0.3 is 9.67 Å². The van der Waals surface area contributed by atoms with Gasteiger partial charge >= 0.3 is 0 Å². The zero-order valence-corrected chi connectivity index (χ0v) is 17.1. The Kier molecular flexibility index (Phi) is 4.11. The van der Waals surface area contributed by atoms with E-state index in [1.165, 1.54) is 40.6 Å². The van der Waals surface area contributed by atoms with Crippen LogP contribution in [0.4, 0.5) is 0 Å². The molecule has 1 aromatic carbocycles. The number of pyridine rings is 1. The molecule has 1 N–H and O–H groups in total. The predicted molar refractivity (Wildman–Crippen MR) is 112 cm³/mol. The Morgan fingerprint density at radius 2 is 2.00 bits per heavy atom. The van der Waals surface area contributed by atoms with Gasteiger partial charge in [-0.1, -0.05) is 11.6 Å². The van der Waals surface area contributed by atoms with E-state index in [0.29, 0.717) is 6.54 Å². The second kappa shape index (κ2) is 6.43. The van der Waals surface area contributed by atoms with E-state index in [0.717, 1.165) is 36.8 Å². The van der Waals surface area contributed by atoms with Crippen molar-refractivity contribution in [1.82, 2.24) is 14.5 Å². The van der Waals surface area contributed by atoms with Gasteiger partial charge in [-0.05, 0) is 75.4 Å². The number of nitrogens with zero attached hydrogens (tertiary/aromatic N) is 3. The number of aliphatic hydroxyl groups is 1. The van der Waals surface area contributed by atoms with Crippen LogP contribution in [0.3, 0.4) is 0 Å². The van der Waals surface area contributed by atoms with Crippen LogP contribution >= 0.6 is 0 Å². The van der Waals surface area contributed by atoms with Crippen LogP contribution in [0.1, 0.15) is 47.8 Å². The van der Waals surface area contributed by atoms with Gasteiger partial charge in [0.2, 0.25) is 0 Å². The van der Waals surface area contributed by atoms with Gasteiger partial charge in [0.05, 0.1) is 6.54 Å². The van der Waals surface area contributed by atoms with Crippen LogP contribution in [0.5, 0.6) is 0 Å². The molecule has 0 spiro atoms.